The average molecular weight is 217 g/mol. The molecule has 1 fully saturated rings. The predicted molar refractivity (Wildman–Crippen MR) is 67.3 cm³/mol. The lowest BCUT2D eigenvalue weighted by atomic mass is 10.1. The van der Waals surface area contributed by atoms with E-state index in [1.165, 1.54) is 24.0 Å². The molecular weight excluding hydrogens is 198 g/mol. The number of guanidine groups is 1. The molecule has 0 bridgehead atoms. The number of nitrogens with two attached hydrogens (primary N) is 1. The van der Waals surface area contributed by atoms with Crippen LogP contribution in [0.5, 0.6) is 0 Å². The van der Waals surface area contributed by atoms with Gasteiger partial charge in [0.25, 0.3) is 0 Å². The van der Waals surface area contributed by atoms with Crippen LogP contribution < -0.4 is 11.1 Å². The smallest absolute Gasteiger partial charge is 0.189 e. The van der Waals surface area contributed by atoms with E-state index in [9.17, 15) is 0 Å². The lowest BCUT2D eigenvalue weighted by Gasteiger charge is -2.06. The van der Waals surface area contributed by atoms with Gasteiger partial charge in [-0.05, 0) is 30.4 Å². The summed E-state index contributed by atoms with van der Waals surface area (Å²) < 4.78 is 0. The maximum Gasteiger partial charge on any atom is 0.189 e. The average Bonchev–Trinajstić information content (AvgIpc) is 3.10. The van der Waals surface area contributed by atoms with Crippen molar-refractivity contribution in [3.05, 3.63) is 35.4 Å². The first-order chi connectivity index (χ1) is 7.79. The molecule has 2 rings (SSSR count). The molecule has 3 heteroatoms. The predicted octanol–water partition coefficient (Wildman–Crippen LogP) is 1.82. The van der Waals surface area contributed by atoms with E-state index in [1.807, 2.05) is 0 Å². The van der Waals surface area contributed by atoms with E-state index >= 15 is 0 Å². The Morgan fingerprint density at radius 2 is 2.06 bits per heavy atom. The van der Waals surface area contributed by atoms with Gasteiger partial charge in [-0.25, -0.2) is 4.99 Å². The highest BCUT2D eigenvalue weighted by Gasteiger charge is 2.21. The van der Waals surface area contributed by atoms with Crippen LogP contribution in [-0.4, -0.2) is 12.0 Å². The second-order valence-corrected chi connectivity index (χ2v) is 4.24. The lowest BCUT2D eigenvalue weighted by molar-refractivity contribution is 0.876. The third kappa shape index (κ3) is 2.99. The second-order valence-electron chi connectivity index (χ2n) is 4.24. The van der Waals surface area contributed by atoms with Crippen molar-refractivity contribution in [3.8, 4) is 0 Å². The summed E-state index contributed by atoms with van der Waals surface area (Å²) in [7, 11) is 0. The molecule has 1 aromatic carbocycles. The summed E-state index contributed by atoms with van der Waals surface area (Å²) in [5, 5.41) is 3.19. The molecule has 0 spiro atoms. The van der Waals surface area contributed by atoms with Crippen molar-refractivity contribution in [2.45, 2.75) is 38.8 Å². The van der Waals surface area contributed by atoms with E-state index in [-0.39, 0.29) is 0 Å². The van der Waals surface area contributed by atoms with Gasteiger partial charge in [-0.2, -0.15) is 0 Å². The highest BCUT2D eigenvalue weighted by Crippen LogP contribution is 2.18. The number of rotatable bonds is 4. The van der Waals surface area contributed by atoms with Gasteiger partial charge >= 0.3 is 0 Å². The van der Waals surface area contributed by atoms with Crippen molar-refractivity contribution in [2.24, 2.45) is 10.7 Å². The number of benzene rings is 1. The van der Waals surface area contributed by atoms with Crippen LogP contribution in [0.3, 0.4) is 0 Å². The van der Waals surface area contributed by atoms with E-state index in [0.717, 1.165) is 6.42 Å². The van der Waals surface area contributed by atoms with Gasteiger partial charge in [-0.1, -0.05) is 31.2 Å². The van der Waals surface area contributed by atoms with Crippen molar-refractivity contribution in [1.29, 1.82) is 0 Å². The monoisotopic (exact) mass is 217 g/mol. The summed E-state index contributed by atoms with van der Waals surface area (Å²) in [6.45, 7) is 2.84. The van der Waals surface area contributed by atoms with Gasteiger partial charge in [0, 0.05) is 6.04 Å². The van der Waals surface area contributed by atoms with Crippen molar-refractivity contribution in [3.63, 3.8) is 0 Å². The summed E-state index contributed by atoms with van der Waals surface area (Å²) in [6.07, 6.45) is 3.49. The van der Waals surface area contributed by atoms with Gasteiger partial charge in [-0.15, -0.1) is 0 Å². The normalized spacial score (nSPS) is 16.2. The minimum Gasteiger partial charge on any atom is -0.370 e. The first kappa shape index (κ1) is 11.0. The minimum absolute atomic E-state index is 0.574. The first-order valence-corrected chi connectivity index (χ1v) is 5.93. The third-order valence-corrected chi connectivity index (χ3v) is 2.85. The molecule has 0 aromatic heterocycles. The molecule has 1 aromatic rings. The second kappa shape index (κ2) is 5.01. The van der Waals surface area contributed by atoms with Gasteiger partial charge in [0.15, 0.2) is 5.96 Å². The SMILES string of the molecule is CCc1ccccc1CN=C(N)NC1CC1. The molecule has 0 aliphatic heterocycles. The molecule has 0 atom stereocenters. The van der Waals surface area contributed by atoms with Crippen LogP contribution in [-0.2, 0) is 13.0 Å². The van der Waals surface area contributed by atoms with Crippen LogP contribution in [0.1, 0.15) is 30.9 Å². The molecule has 1 aliphatic carbocycles. The van der Waals surface area contributed by atoms with E-state index in [1.54, 1.807) is 0 Å². The topological polar surface area (TPSA) is 50.4 Å². The van der Waals surface area contributed by atoms with Crippen LogP contribution in [0, 0.1) is 0 Å². The quantitative estimate of drug-likeness (QED) is 0.597. The van der Waals surface area contributed by atoms with Crippen molar-refractivity contribution < 1.29 is 0 Å². The molecule has 16 heavy (non-hydrogen) atoms. The fourth-order valence-corrected chi connectivity index (χ4v) is 1.71. The zero-order valence-electron chi connectivity index (χ0n) is 9.74. The molecule has 0 radical (unpaired) electrons. The van der Waals surface area contributed by atoms with Crippen LogP contribution in [0.2, 0.25) is 0 Å². The van der Waals surface area contributed by atoms with Gasteiger partial charge in [0.05, 0.1) is 6.54 Å². The lowest BCUT2D eigenvalue weighted by Crippen LogP contribution is -2.33. The summed E-state index contributed by atoms with van der Waals surface area (Å²) in [4.78, 5) is 4.37. The fraction of sp³-hybridized carbons (Fsp3) is 0.462. The summed E-state index contributed by atoms with van der Waals surface area (Å²) >= 11 is 0. The van der Waals surface area contributed by atoms with Crippen LogP contribution in [0.25, 0.3) is 0 Å². The zero-order chi connectivity index (χ0) is 11.4. The van der Waals surface area contributed by atoms with Crippen molar-refractivity contribution >= 4 is 5.96 Å². The Kier molecular flexibility index (Phi) is 3.44. The molecule has 3 nitrogen and oxygen atoms in total. The van der Waals surface area contributed by atoms with Crippen LogP contribution >= 0.6 is 0 Å². The van der Waals surface area contributed by atoms with E-state index in [2.05, 4.69) is 41.5 Å². The Bertz CT molecular complexity index is 381. The highest BCUT2D eigenvalue weighted by atomic mass is 15.1. The molecule has 0 heterocycles. The molecule has 0 saturated heterocycles. The van der Waals surface area contributed by atoms with Gasteiger partial charge < -0.3 is 11.1 Å². The van der Waals surface area contributed by atoms with E-state index < -0.39 is 0 Å². The van der Waals surface area contributed by atoms with Gasteiger partial charge in [0.2, 0.25) is 0 Å². The number of nitrogens with zero attached hydrogens (tertiary/aromatic N) is 1. The molecule has 1 aliphatic rings. The van der Waals surface area contributed by atoms with Gasteiger partial charge in [0.1, 0.15) is 0 Å². The summed E-state index contributed by atoms with van der Waals surface area (Å²) in [6, 6.07) is 8.96. The Labute approximate surface area is 96.8 Å². The van der Waals surface area contributed by atoms with Crippen LogP contribution in [0.4, 0.5) is 0 Å². The number of aryl methyl sites for hydroxylation is 1. The Morgan fingerprint density at radius 3 is 2.69 bits per heavy atom. The first-order valence-electron chi connectivity index (χ1n) is 5.93. The summed E-state index contributed by atoms with van der Waals surface area (Å²) in [5.74, 6) is 0.577. The highest BCUT2D eigenvalue weighted by molar-refractivity contribution is 5.78. The number of hydrogen-bond acceptors (Lipinski definition) is 1. The largest absolute Gasteiger partial charge is 0.370 e. The molecule has 0 unspecified atom stereocenters. The van der Waals surface area contributed by atoms with Gasteiger partial charge in [-0.3, -0.25) is 0 Å². The maximum atomic E-state index is 5.79. The summed E-state index contributed by atoms with van der Waals surface area (Å²) in [5.41, 5.74) is 8.41. The Balaban J connectivity index is 1.96. The van der Waals surface area contributed by atoms with E-state index in [0.29, 0.717) is 18.5 Å². The standard InChI is InChI=1S/C13H19N3/c1-2-10-5-3-4-6-11(10)9-15-13(14)16-12-7-8-12/h3-6,12H,2,7-9H2,1H3,(H3,14,15,16). The molecule has 1 saturated carbocycles. The number of nitrogens with one attached hydrogen (secondary N) is 1. The van der Waals surface area contributed by atoms with Crippen molar-refractivity contribution in [1.82, 2.24) is 5.32 Å². The molecule has 3 N–H and O–H groups in total. The zero-order valence-corrected chi connectivity index (χ0v) is 9.74. The number of hydrogen-bond donors (Lipinski definition) is 2. The third-order valence-electron chi connectivity index (χ3n) is 2.85. The molecular formula is C13H19N3. The van der Waals surface area contributed by atoms with Crippen molar-refractivity contribution in [2.75, 3.05) is 0 Å². The maximum absolute atomic E-state index is 5.79. The van der Waals surface area contributed by atoms with Crippen LogP contribution in [0.15, 0.2) is 29.3 Å². The molecule has 86 valence electrons. The minimum atomic E-state index is 0.574. The Hall–Kier alpha value is -1.51. The number of aliphatic imine (C=N–C) groups is 1. The Morgan fingerprint density at radius 1 is 1.38 bits per heavy atom. The molecule has 0 amide bonds. The van der Waals surface area contributed by atoms with E-state index in [4.69, 9.17) is 5.73 Å². The fourth-order valence-electron chi connectivity index (χ4n) is 1.71.